The summed E-state index contributed by atoms with van der Waals surface area (Å²) in [6.45, 7) is 5.84. The zero-order valence-electron chi connectivity index (χ0n) is 16.5. The summed E-state index contributed by atoms with van der Waals surface area (Å²) in [4.78, 5) is 26.3. The summed E-state index contributed by atoms with van der Waals surface area (Å²) in [5.74, 6) is -0.434. The fourth-order valence-electron chi connectivity index (χ4n) is 3.02. The lowest BCUT2D eigenvalue weighted by Crippen LogP contribution is -2.31. The molecule has 2 unspecified atom stereocenters. The number of thioether (sulfide) groups is 1. The third-order valence-electron chi connectivity index (χ3n) is 4.86. The quantitative estimate of drug-likeness (QED) is 0.672. The van der Waals surface area contributed by atoms with Crippen molar-refractivity contribution >= 4 is 50.4 Å². The molecule has 0 saturated heterocycles. The normalized spacial score (nSPS) is 17.3. The standard InChI is InChI=1S/C20H24N2O4S3/c1-12-7-9-27-17(12)6-8-21-19(23)10-13(2)29(25,26)15-4-5-18-16(11-15)22-20(24)14(3)28-18/h4-5,7,9,11,13-14H,6,8,10H2,1-3H3,(H,21,23)(H,22,24). The van der Waals surface area contributed by atoms with Gasteiger partial charge in [-0.05, 0) is 62.4 Å². The average molecular weight is 453 g/mol. The monoisotopic (exact) mass is 452 g/mol. The molecule has 1 aromatic heterocycles. The Morgan fingerprint density at radius 1 is 1.31 bits per heavy atom. The number of fused-ring (bicyclic) bond motifs is 1. The van der Waals surface area contributed by atoms with Gasteiger partial charge in [-0.1, -0.05) is 0 Å². The van der Waals surface area contributed by atoms with Crippen LogP contribution in [0.4, 0.5) is 5.69 Å². The van der Waals surface area contributed by atoms with E-state index in [0.29, 0.717) is 12.2 Å². The number of thiophene rings is 1. The Labute approximate surface area is 179 Å². The van der Waals surface area contributed by atoms with Gasteiger partial charge in [0.25, 0.3) is 0 Å². The second kappa shape index (κ2) is 8.89. The van der Waals surface area contributed by atoms with Gasteiger partial charge in [0.05, 0.1) is 21.1 Å². The number of nitrogens with one attached hydrogen (secondary N) is 2. The molecule has 0 fully saturated rings. The van der Waals surface area contributed by atoms with Gasteiger partial charge in [0.1, 0.15) is 0 Å². The molecule has 29 heavy (non-hydrogen) atoms. The first-order chi connectivity index (χ1) is 13.7. The maximum absolute atomic E-state index is 12.9. The summed E-state index contributed by atoms with van der Waals surface area (Å²) in [6, 6.07) is 6.77. The second-order valence-corrected chi connectivity index (χ2v) is 11.8. The lowest BCUT2D eigenvalue weighted by atomic mass is 10.2. The first kappa shape index (κ1) is 21.9. The van der Waals surface area contributed by atoms with Gasteiger partial charge in [-0.25, -0.2) is 8.42 Å². The Balaban J connectivity index is 1.61. The Morgan fingerprint density at radius 3 is 2.76 bits per heavy atom. The SMILES string of the molecule is Cc1ccsc1CCNC(=O)CC(C)S(=O)(=O)c1ccc2c(c1)NC(=O)C(C)S2. The van der Waals surface area contributed by atoms with E-state index in [-0.39, 0.29) is 28.4 Å². The lowest BCUT2D eigenvalue weighted by Gasteiger charge is -2.22. The Morgan fingerprint density at radius 2 is 2.07 bits per heavy atom. The molecule has 0 bridgehead atoms. The van der Waals surface area contributed by atoms with E-state index >= 15 is 0 Å². The molecule has 1 aromatic carbocycles. The van der Waals surface area contributed by atoms with Crippen LogP contribution >= 0.6 is 23.1 Å². The molecule has 0 spiro atoms. The van der Waals surface area contributed by atoms with Crippen LogP contribution in [0.15, 0.2) is 39.4 Å². The highest BCUT2D eigenvalue weighted by molar-refractivity contribution is 8.01. The fraction of sp³-hybridized carbons (Fsp3) is 0.400. The number of hydrogen-bond donors (Lipinski definition) is 2. The lowest BCUT2D eigenvalue weighted by molar-refractivity contribution is -0.121. The van der Waals surface area contributed by atoms with E-state index < -0.39 is 15.1 Å². The molecule has 0 radical (unpaired) electrons. The Kier molecular flexibility index (Phi) is 6.70. The van der Waals surface area contributed by atoms with E-state index in [1.54, 1.807) is 30.4 Å². The van der Waals surface area contributed by atoms with Crippen molar-refractivity contribution in [2.75, 3.05) is 11.9 Å². The smallest absolute Gasteiger partial charge is 0.237 e. The van der Waals surface area contributed by atoms with Crippen LogP contribution in [0, 0.1) is 6.92 Å². The molecule has 0 aliphatic carbocycles. The van der Waals surface area contributed by atoms with Crippen molar-refractivity contribution in [3.63, 3.8) is 0 Å². The first-order valence-corrected chi connectivity index (χ1v) is 12.6. The minimum absolute atomic E-state index is 0.110. The number of aryl methyl sites for hydroxylation is 1. The maximum Gasteiger partial charge on any atom is 0.237 e. The molecule has 2 amide bonds. The number of anilines is 1. The molecule has 6 nitrogen and oxygen atoms in total. The summed E-state index contributed by atoms with van der Waals surface area (Å²) in [5.41, 5.74) is 1.70. The highest BCUT2D eigenvalue weighted by atomic mass is 32.2. The summed E-state index contributed by atoms with van der Waals surface area (Å²) in [5, 5.41) is 6.48. The van der Waals surface area contributed by atoms with Crippen LogP contribution in [0.5, 0.6) is 0 Å². The van der Waals surface area contributed by atoms with Crippen LogP contribution in [0.2, 0.25) is 0 Å². The van der Waals surface area contributed by atoms with Crippen LogP contribution in [0.25, 0.3) is 0 Å². The summed E-state index contributed by atoms with van der Waals surface area (Å²) in [7, 11) is -3.69. The number of benzene rings is 1. The number of sulfone groups is 1. The molecule has 9 heteroatoms. The molecule has 2 aromatic rings. The summed E-state index contributed by atoms with van der Waals surface area (Å²) < 4.78 is 25.8. The van der Waals surface area contributed by atoms with Crippen LogP contribution in [-0.4, -0.2) is 37.3 Å². The highest BCUT2D eigenvalue weighted by Crippen LogP contribution is 2.37. The Hall–Kier alpha value is -1.84. The van der Waals surface area contributed by atoms with Gasteiger partial charge in [-0.2, -0.15) is 0 Å². The molecule has 2 atom stereocenters. The molecular weight excluding hydrogens is 428 g/mol. The highest BCUT2D eigenvalue weighted by Gasteiger charge is 2.29. The third-order valence-corrected chi connectivity index (χ3v) is 9.25. The van der Waals surface area contributed by atoms with E-state index in [1.165, 1.54) is 35.2 Å². The van der Waals surface area contributed by atoms with Gasteiger partial charge in [0, 0.05) is 22.7 Å². The van der Waals surface area contributed by atoms with E-state index in [2.05, 4.69) is 10.6 Å². The zero-order valence-corrected chi connectivity index (χ0v) is 19.0. The van der Waals surface area contributed by atoms with Crippen LogP contribution in [0.1, 0.15) is 30.7 Å². The van der Waals surface area contributed by atoms with E-state index in [0.717, 1.165) is 11.3 Å². The van der Waals surface area contributed by atoms with Gasteiger partial charge < -0.3 is 10.6 Å². The maximum atomic E-state index is 12.9. The van der Waals surface area contributed by atoms with Crippen molar-refractivity contribution in [3.8, 4) is 0 Å². The molecule has 1 aliphatic rings. The summed E-state index contributed by atoms with van der Waals surface area (Å²) >= 11 is 3.05. The van der Waals surface area contributed by atoms with Crippen molar-refractivity contribution in [2.45, 2.75) is 53.9 Å². The van der Waals surface area contributed by atoms with E-state index in [4.69, 9.17) is 0 Å². The van der Waals surface area contributed by atoms with Crippen LogP contribution < -0.4 is 10.6 Å². The van der Waals surface area contributed by atoms with Gasteiger partial charge in [0.15, 0.2) is 9.84 Å². The molecule has 156 valence electrons. The minimum Gasteiger partial charge on any atom is -0.356 e. The number of amides is 2. The largest absolute Gasteiger partial charge is 0.356 e. The van der Waals surface area contributed by atoms with Crippen molar-refractivity contribution in [2.24, 2.45) is 0 Å². The molecule has 2 N–H and O–H groups in total. The van der Waals surface area contributed by atoms with Crippen LogP contribution in [-0.2, 0) is 25.8 Å². The predicted molar refractivity (Wildman–Crippen MR) is 117 cm³/mol. The van der Waals surface area contributed by atoms with Crippen molar-refractivity contribution in [3.05, 3.63) is 40.1 Å². The van der Waals surface area contributed by atoms with Crippen molar-refractivity contribution < 1.29 is 18.0 Å². The molecular formula is C20H24N2O4S3. The second-order valence-electron chi connectivity index (χ2n) is 7.09. The number of hydrogen-bond acceptors (Lipinski definition) is 6. The topological polar surface area (TPSA) is 92.3 Å². The van der Waals surface area contributed by atoms with Crippen LogP contribution in [0.3, 0.4) is 0 Å². The van der Waals surface area contributed by atoms with E-state index in [1.807, 2.05) is 18.4 Å². The van der Waals surface area contributed by atoms with Crippen molar-refractivity contribution in [1.82, 2.24) is 5.32 Å². The van der Waals surface area contributed by atoms with Gasteiger partial charge >= 0.3 is 0 Å². The molecule has 0 saturated carbocycles. The number of carbonyl (C=O) groups is 2. The van der Waals surface area contributed by atoms with Gasteiger partial charge in [-0.15, -0.1) is 23.1 Å². The predicted octanol–water partition coefficient (Wildman–Crippen LogP) is 3.40. The number of carbonyl (C=O) groups excluding carboxylic acids is 2. The van der Waals surface area contributed by atoms with E-state index in [9.17, 15) is 18.0 Å². The molecule has 3 rings (SSSR count). The van der Waals surface area contributed by atoms with Crippen molar-refractivity contribution in [1.29, 1.82) is 0 Å². The molecule has 2 heterocycles. The number of rotatable bonds is 7. The minimum atomic E-state index is -3.69. The summed E-state index contributed by atoms with van der Waals surface area (Å²) in [6.07, 6.45) is 0.623. The third kappa shape index (κ3) is 5.02. The Bertz CT molecular complexity index is 1030. The zero-order chi connectivity index (χ0) is 21.2. The fourth-order valence-corrected chi connectivity index (χ4v) is 6.23. The first-order valence-electron chi connectivity index (χ1n) is 9.33. The average Bonchev–Trinajstić information content (AvgIpc) is 3.07. The van der Waals surface area contributed by atoms with Gasteiger partial charge in [-0.3, -0.25) is 9.59 Å². The molecule has 1 aliphatic heterocycles. The van der Waals surface area contributed by atoms with Gasteiger partial charge in [0.2, 0.25) is 11.8 Å².